The molecule has 1 aliphatic rings. The lowest BCUT2D eigenvalue weighted by molar-refractivity contribution is 0.193. The highest BCUT2D eigenvalue weighted by molar-refractivity contribution is 5.21. The zero-order chi connectivity index (χ0) is 10.8. The van der Waals surface area contributed by atoms with Crippen molar-refractivity contribution in [3.63, 3.8) is 0 Å². The number of hydrogen-bond acceptors (Lipinski definition) is 0. The monoisotopic (exact) mass is 202 g/mol. The fraction of sp³-hybridized carbons (Fsp3) is 0.600. The smallest absolute Gasteiger partial charge is 0.0110 e. The lowest BCUT2D eigenvalue weighted by Crippen LogP contribution is -2.27. The first-order valence-corrected chi connectivity index (χ1v) is 6.23. The van der Waals surface area contributed by atoms with Crippen LogP contribution >= 0.6 is 0 Å². The molecule has 0 heteroatoms. The molecule has 2 unspecified atom stereocenters. The molecule has 1 aromatic carbocycles. The van der Waals surface area contributed by atoms with Crippen LogP contribution in [0.15, 0.2) is 30.3 Å². The minimum Gasteiger partial charge on any atom is -0.0625 e. The maximum atomic E-state index is 2.42. The molecule has 0 nitrogen and oxygen atoms in total. The summed E-state index contributed by atoms with van der Waals surface area (Å²) in [5.74, 6) is 3.37. The van der Waals surface area contributed by atoms with Crippen LogP contribution in [0.25, 0.3) is 0 Å². The second-order valence-electron chi connectivity index (χ2n) is 5.47. The quantitative estimate of drug-likeness (QED) is 0.630. The van der Waals surface area contributed by atoms with Gasteiger partial charge in [0.15, 0.2) is 0 Å². The summed E-state index contributed by atoms with van der Waals surface area (Å²) in [5.41, 5.74) is 1.55. The van der Waals surface area contributed by atoms with Gasteiger partial charge in [-0.1, -0.05) is 51.1 Å². The highest BCUT2D eigenvalue weighted by atomic mass is 14.4. The summed E-state index contributed by atoms with van der Waals surface area (Å²) in [4.78, 5) is 0. The van der Waals surface area contributed by atoms with Gasteiger partial charge in [0.25, 0.3) is 0 Å². The van der Waals surface area contributed by atoms with Crippen molar-refractivity contribution in [3.05, 3.63) is 35.9 Å². The SMILES string of the molecule is CC1CC(C)C(c2ccccc2)C(C)C1. The Morgan fingerprint density at radius 1 is 0.867 bits per heavy atom. The van der Waals surface area contributed by atoms with Crippen LogP contribution in [-0.2, 0) is 0 Å². The van der Waals surface area contributed by atoms with Crippen LogP contribution in [0, 0.1) is 17.8 Å². The van der Waals surface area contributed by atoms with E-state index in [-0.39, 0.29) is 0 Å². The summed E-state index contributed by atoms with van der Waals surface area (Å²) < 4.78 is 0. The molecule has 1 aliphatic carbocycles. The molecule has 2 atom stereocenters. The van der Waals surface area contributed by atoms with E-state index in [9.17, 15) is 0 Å². The van der Waals surface area contributed by atoms with Gasteiger partial charge in [0.05, 0.1) is 0 Å². The lowest BCUT2D eigenvalue weighted by Gasteiger charge is -2.38. The van der Waals surface area contributed by atoms with Crippen LogP contribution in [0.4, 0.5) is 0 Å². The van der Waals surface area contributed by atoms with Gasteiger partial charge in [0.1, 0.15) is 0 Å². The Bertz CT molecular complexity index is 289. The minimum atomic E-state index is 0.780. The second kappa shape index (κ2) is 4.38. The summed E-state index contributed by atoms with van der Waals surface area (Å²) in [5, 5.41) is 0. The summed E-state index contributed by atoms with van der Waals surface area (Å²) >= 11 is 0. The molecule has 0 aliphatic heterocycles. The van der Waals surface area contributed by atoms with E-state index in [1.165, 1.54) is 12.8 Å². The van der Waals surface area contributed by atoms with Gasteiger partial charge in [-0.25, -0.2) is 0 Å². The zero-order valence-corrected chi connectivity index (χ0v) is 10.1. The molecule has 1 saturated carbocycles. The average molecular weight is 202 g/mol. The van der Waals surface area contributed by atoms with Crippen molar-refractivity contribution in [1.82, 2.24) is 0 Å². The van der Waals surface area contributed by atoms with Crippen molar-refractivity contribution in [1.29, 1.82) is 0 Å². The predicted octanol–water partition coefficient (Wildman–Crippen LogP) is 4.47. The predicted molar refractivity (Wildman–Crippen MR) is 65.9 cm³/mol. The van der Waals surface area contributed by atoms with Gasteiger partial charge in [-0.3, -0.25) is 0 Å². The summed E-state index contributed by atoms with van der Waals surface area (Å²) in [6.45, 7) is 7.24. The molecule has 2 rings (SSSR count). The number of rotatable bonds is 1. The molecular weight excluding hydrogens is 180 g/mol. The van der Waals surface area contributed by atoms with Gasteiger partial charge >= 0.3 is 0 Å². The first-order valence-electron chi connectivity index (χ1n) is 6.23. The van der Waals surface area contributed by atoms with E-state index in [2.05, 4.69) is 51.1 Å². The molecule has 1 aromatic rings. The Labute approximate surface area is 93.7 Å². The Morgan fingerprint density at radius 3 is 1.93 bits per heavy atom. The molecule has 15 heavy (non-hydrogen) atoms. The highest BCUT2D eigenvalue weighted by Crippen LogP contribution is 2.43. The molecule has 0 N–H and O–H groups in total. The number of benzene rings is 1. The van der Waals surface area contributed by atoms with Gasteiger partial charge < -0.3 is 0 Å². The molecule has 0 radical (unpaired) electrons. The first kappa shape index (κ1) is 10.7. The molecule has 0 saturated heterocycles. The van der Waals surface area contributed by atoms with Crippen LogP contribution in [0.2, 0.25) is 0 Å². The van der Waals surface area contributed by atoms with Crippen LogP contribution in [0.5, 0.6) is 0 Å². The molecule has 0 heterocycles. The fourth-order valence-electron chi connectivity index (χ4n) is 3.55. The standard InChI is InChI=1S/C15H22/c1-11-9-12(2)15(13(3)10-11)14-7-5-4-6-8-14/h4-8,11-13,15H,9-10H2,1-3H3. The zero-order valence-electron chi connectivity index (χ0n) is 10.1. The van der Waals surface area contributed by atoms with E-state index in [4.69, 9.17) is 0 Å². The molecule has 82 valence electrons. The van der Waals surface area contributed by atoms with Crippen molar-refractivity contribution in [3.8, 4) is 0 Å². The van der Waals surface area contributed by atoms with Gasteiger partial charge in [-0.05, 0) is 42.1 Å². The molecule has 1 fully saturated rings. The average Bonchev–Trinajstić information content (AvgIpc) is 2.17. The molecule has 0 spiro atoms. The van der Waals surface area contributed by atoms with E-state index < -0.39 is 0 Å². The van der Waals surface area contributed by atoms with E-state index in [0.29, 0.717) is 0 Å². The minimum absolute atomic E-state index is 0.780. The van der Waals surface area contributed by atoms with Crippen molar-refractivity contribution in [2.75, 3.05) is 0 Å². The summed E-state index contributed by atoms with van der Waals surface area (Å²) in [6, 6.07) is 11.1. The Hall–Kier alpha value is -0.780. The third-order valence-electron chi connectivity index (χ3n) is 3.96. The fourth-order valence-corrected chi connectivity index (χ4v) is 3.55. The molecule has 0 amide bonds. The molecular formula is C15H22. The molecule has 0 aromatic heterocycles. The van der Waals surface area contributed by atoms with Gasteiger partial charge in [0, 0.05) is 0 Å². The van der Waals surface area contributed by atoms with E-state index in [0.717, 1.165) is 23.7 Å². The van der Waals surface area contributed by atoms with Crippen molar-refractivity contribution in [2.45, 2.75) is 39.5 Å². The highest BCUT2D eigenvalue weighted by Gasteiger charge is 2.31. The lowest BCUT2D eigenvalue weighted by atomic mass is 9.67. The Balaban J connectivity index is 2.21. The first-order chi connectivity index (χ1) is 7.18. The van der Waals surface area contributed by atoms with Crippen LogP contribution in [-0.4, -0.2) is 0 Å². The largest absolute Gasteiger partial charge is 0.0625 e. The summed E-state index contributed by atoms with van der Waals surface area (Å²) in [6.07, 6.45) is 2.79. The normalized spacial score (nSPS) is 36.5. The van der Waals surface area contributed by atoms with E-state index in [1.807, 2.05) is 0 Å². The Morgan fingerprint density at radius 2 is 1.40 bits per heavy atom. The summed E-state index contributed by atoms with van der Waals surface area (Å²) in [7, 11) is 0. The van der Waals surface area contributed by atoms with Crippen molar-refractivity contribution >= 4 is 0 Å². The van der Waals surface area contributed by atoms with Crippen molar-refractivity contribution in [2.24, 2.45) is 17.8 Å². The van der Waals surface area contributed by atoms with Gasteiger partial charge in [-0.15, -0.1) is 0 Å². The third kappa shape index (κ3) is 2.25. The topological polar surface area (TPSA) is 0 Å². The third-order valence-corrected chi connectivity index (χ3v) is 3.96. The van der Waals surface area contributed by atoms with Gasteiger partial charge in [0.2, 0.25) is 0 Å². The van der Waals surface area contributed by atoms with E-state index >= 15 is 0 Å². The maximum absolute atomic E-state index is 2.42. The maximum Gasteiger partial charge on any atom is -0.0110 e. The Kier molecular flexibility index (Phi) is 3.14. The van der Waals surface area contributed by atoms with E-state index in [1.54, 1.807) is 5.56 Å². The number of hydrogen-bond donors (Lipinski definition) is 0. The second-order valence-corrected chi connectivity index (χ2v) is 5.47. The van der Waals surface area contributed by atoms with Crippen molar-refractivity contribution < 1.29 is 0 Å². The van der Waals surface area contributed by atoms with Crippen LogP contribution in [0.3, 0.4) is 0 Å². The van der Waals surface area contributed by atoms with Gasteiger partial charge in [-0.2, -0.15) is 0 Å². The molecule has 0 bridgehead atoms. The van der Waals surface area contributed by atoms with Crippen LogP contribution in [0.1, 0.15) is 45.1 Å². The van der Waals surface area contributed by atoms with Crippen LogP contribution < -0.4 is 0 Å².